The van der Waals surface area contributed by atoms with Crippen molar-refractivity contribution in [2.75, 3.05) is 13.1 Å². The van der Waals surface area contributed by atoms with E-state index in [0.717, 1.165) is 36.8 Å². The van der Waals surface area contributed by atoms with E-state index < -0.39 is 16.1 Å². The molecule has 3 N–H and O–H groups in total. The molecular formula is C24H34N4O4S2. The summed E-state index contributed by atoms with van der Waals surface area (Å²) < 4.78 is 27.8. The fourth-order valence-electron chi connectivity index (χ4n) is 4.41. The van der Waals surface area contributed by atoms with Crippen LogP contribution in [0.25, 0.3) is 0 Å². The summed E-state index contributed by atoms with van der Waals surface area (Å²) in [6, 6.07) is 6.26. The lowest BCUT2D eigenvalue weighted by molar-refractivity contribution is -0.123. The van der Waals surface area contributed by atoms with Gasteiger partial charge in [0.15, 0.2) is 5.11 Å². The van der Waals surface area contributed by atoms with E-state index in [9.17, 15) is 18.0 Å². The number of carbonyl (C=O) groups excluding carboxylic acids is 2. The number of hydrogen-bond acceptors (Lipinski definition) is 5. The lowest BCUT2D eigenvalue weighted by Crippen LogP contribution is -2.45. The molecule has 1 aliphatic heterocycles. The first kappa shape index (κ1) is 26.2. The molecule has 3 rings (SSSR count). The summed E-state index contributed by atoms with van der Waals surface area (Å²) >= 11 is 5.22. The van der Waals surface area contributed by atoms with Gasteiger partial charge >= 0.3 is 6.03 Å². The van der Waals surface area contributed by atoms with Crippen LogP contribution in [0.5, 0.6) is 0 Å². The molecule has 0 aromatic heterocycles. The van der Waals surface area contributed by atoms with Crippen molar-refractivity contribution in [3.63, 3.8) is 0 Å². The van der Waals surface area contributed by atoms with Crippen LogP contribution in [0.3, 0.4) is 0 Å². The highest BCUT2D eigenvalue weighted by atomic mass is 32.2. The number of imide groups is 1. The minimum Gasteiger partial charge on any atom is -0.359 e. The summed E-state index contributed by atoms with van der Waals surface area (Å²) in [6.45, 7) is 6.65. The maximum absolute atomic E-state index is 12.7. The Labute approximate surface area is 207 Å². The average molecular weight is 507 g/mol. The van der Waals surface area contributed by atoms with E-state index >= 15 is 0 Å². The second kappa shape index (κ2) is 11.3. The molecule has 186 valence electrons. The molecule has 3 amide bonds. The minimum atomic E-state index is -3.77. The summed E-state index contributed by atoms with van der Waals surface area (Å²) in [4.78, 5) is 26.0. The van der Waals surface area contributed by atoms with Gasteiger partial charge in [-0.1, -0.05) is 26.0 Å². The van der Waals surface area contributed by atoms with Crippen LogP contribution in [-0.4, -0.2) is 49.5 Å². The van der Waals surface area contributed by atoms with Crippen molar-refractivity contribution >= 4 is 39.3 Å². The van der Waals surface area contributed by atoms with E-state index in [1.165, 1.54) is 17.0 Å². The Morgan fingerprint density at radius 1 is 1.15 bits per heavy atom. The minimum absolute atomic E-state index is 0.123. The summed E-state index contributed by atoms with van der Waals surface area (Å²) in [7, 11) is -3.77. The van der Waals surface area contributed by atoms with Crippen LogP contribution in [0.1, 0.15) is 58.4 Å². The van der Waals surface area contributed by atoms with Gasteiger partial charge in [-0.3, -0.25) is 14.4 Å². The van der Waals surface area contributed by atoms with Gasteiger partial charge < -0.3 is 10.6 Å². The standard InChI is InChI=1S/C24H34N4O4S2/c1-4-21-17(3)15-28(22(21)29)24(30)25-14-13-18-7-11-20(12-8-18)34(31,32)27-23(33)26-19-9-5-16(2)6-10-19/h7-8,11-12,16,19H,4-6,9-10,13-15H2,1-3H3,(H,25,30)(H2,26,27,33). The first-order chi connectivity index (χ1) is 16.1. The highest BCUT2D eigenvalue weighted by Gasteiger charge is 2.31. The zero-order chi connectivity index (χ0) is 24.9. The van der Waals surface area contributed by atoms with Gasteiger partial charge in [0.05, 0.1) is 11.4 Å². The molecule has 1 aliphatic carbocycles. The van der Waals surface area contributed by atoms with Crippen LogP contribution in [0, 0.1) is 5.92 Å². The molecular weight excluding hydrogens is 472 g/mol. The van der Waals surface area contributed by atoms with E-state index in [1.807, 2.05) is 13.8 Å². The number of nitrogens with one attached hydrogen (secondary N) is 3. The third-order valence-corrected chi connectivity index (χ3v) is 8.23. The van der Waals surface area contributed by atoms with Crippen molar-refractivity contribution in [3.8, 4) is 0 Å². The van der Waals surface area contributed by atoms with Gasteiger partial charge in [-0.05, 0) is 86.9 Å². The third-order valence-electron chi connectivity index (χ3n) is 6.51. The van der Waals surface area contributed by atoms with Crippen molar-refractivity contribution in [3.05, 3.63) is 41.0 Å². The van der Waals surface area contributed by atoms with Gasteiger partial charge in [-0.15, -0.1) is 0 Å². The number of thiocarbonyl (C=S) groups is 1. The predicted octanol–water partition coefficient (Wildman–Crippen LogP) is 3.24. The van der Waals surface area contributed by atoms with Crippen LogP contribution in [0.15, 0.2) is 40.3 Å². The molecule has 0 saturated heterocycles. The summed E-state index contributed by atoms with van der Waals surface area (Å²) in [5.74, 6) is 0.470. The second-order valence-electron chi connectivity index (χ2n) is 9.17. The molecule has 34 heavy (non-hydrogen) atoms. The maximum Gasteiger partial charge on any atom is 0.324 e. The monoisotopic (exact) mass is 506 g/mol. The lowest BCUT2D eigenvalue weighted by atomic mass is 9.87. The SMILES string of the molecule is CCC1=C(C)CN(C(=O)NCCc2ccc(S(=O)(=O)NC(=S)NC3CCC(C)CC3)cc2)C1=O. The summed E-state index contributed by atoms with van der Waals surface area (Å²) in [6.07, 6.45) is 5.30. The Bertz CT molecular complexity index is 1060. The number of rotatable bonds is 7. The lowest BCUT2D eigenvalue weighted by Gasteiger charge is -2.27. The molecule has 0 radical (unpaired) electrons. The molecule has 8 nitrogen and oxygen atoms in total. The highest BCUT2D eigenvalue weighted by molar-refractivity contribution is 7.91. The highest BCUT2D eigenvalue weighted by Crippen LogP contribution is 2.23. The molecule has 1 saturated carbocycles. The maximum atomic E-state index is 12.7. The topological polar surface area (TPSA) is 108 Å². The van der Waals surface area contributed by atoms with Gasteiger partial charge in [0.1, 0.15) is 0 Å². The van der Waals surface area contributed by atoms with Gasteiger partial charge in [0.25, 0.3) is 15.9 Å². The molecule has 0 unspecified atom stereocenters. The van der Waals surface area contributed by atoms with E-state index in [0.29, 0.717) is 37.4 Å². The predicted molar refractivity (Wildman–Crippen MR) is 136 cm³/mol. The third kappa shape index (κ3) is 6.56. The number of urea groups is 1. The molecule has 1 aromatic carbocycles. The zero-order valence-electron chi connectivity index (χ0n) is 20.0. The normalized spacial score (nSPS) is 20.9. The molecule has 0 bridgehead atoms. The van der Waals surface area contributed by atoms with Crippen molar-refractivity contribution in [1.82, 2.24) is 20.3 Å². The van der Waals surface area contributed by atoms with Gasteiger partial charge in [0, 0.05) is 18.2 Å². The van der Waals surface area contributed by atoms with Crippen LogP contribution in [-0.2, 0) is 21.2 Å². The molecule has 1 aromatic rings. The van der Waals surface area contributed by atoms with Crippen LogP contribution >= 0.6 is 12.2 Å². The smallest absolute Gasteiger partial charge is 0.324 e. The molecule has 10 heteroatoms. The van der Waals surface area contributed by atoms with E-state index in [1.54, 1.807) is 12.1 Å². The van der Waals surface area contributed by atoms with Gasteiger partial charge in [-0.2, -0.15) is 0 Å². The van der Waals surface area contributed by atoms with Gasteiger partial charge in [0.2, 0.25) is 0 Å². The fourth-order valence-corrected chi connectivity index (χ4v) is 5.82. The van der Waals surface area contributed by atoms with Crippen LogP contribution < -0.4 is 15.4 Å². The van der Waals surface area contributed by atoms with Gasteiger partial charge in [-0.25, -0.2) is 13.2 Å². The summed E-state index contributed by atoms with van der Waals surface area (Å²) in [5.41, 5.74) is 2.49. The first-order valence-electron chi connectivity index (χ1n) is 11.8. The van der Waals surface area contributed by atoms with Crippen molar-refractivity contribution in [1.29, 1.82) is 0 Å². The Morgan fingerprint density at radius 2 is 1.79 bits per heavy atom. The molecule has 1 fully saturated rings. The van der Waals surface area contributed by atoms with Crippen molar-refractivity contribution < 1.29 is 18.0 Å². The Balaban J connectivity index is 1.46. The van der Waals surface area contributed by atoms with E-state index in [2.05, 4.69) is 22.3 Å². The van der Waals surface area contributed by atoms with Crippen LogP contribution in [0.4, 0.5) is 4.79 Å². The number of hydrogen-bond donors (Lipinski definition) is 3. The van der Waals surface area contributed by atoms with E-state index in [-0.39, 0.29) is 22.0 Å². The van der Waals surface area contributed by atoms with Crippen LogP contribution in [0.2, 0.25) is 0 Å². The Kier molecular flexibility index (Phi) is 8.70. The Hall–Kier alpha value is -2.46. The summed E-state index contributed by atoms with van der Waals surface area (Å²) in [5, 5.41) is 6.01. The largest absolute Gasteiger partial charge is 0.359 e. The van der Waals surface area contributed by atoms with Crippen molar-refractivity contribution in [2.45, 2.75) is 70.2 Å². The average Bonchev–Trinajstić information content (AvgIpc) is 3.08. The Morgan fingerprint density at radius 3 is 2.38 bits per heavy atom. The number of carbonyl (C=O) groups is 2. The molecule has 1 heterocycles. The number of amides is 3. The second-order valence-corrected chi connectivity index (χ2v) is 11.3. The number of nitrogens with zero attached hydrogens (tertiary/aromatic N) is 1. The quantitative estimate of drug-likeness (QED) is 0.490. The molecule has 2 aliphatic rings. The fraction of sp³-hybridized carbons (Fsp3) is 0.542. The zero-order valence-corrected chi connectivity index (χ0v) is 21.7. The first-order valence-corrected chi connectivity index (χ1v) is 13.7. The number of benzene rings is 1. The van der Waals surface area contributed by atoms with E-state index in [4.69, 9.17) is 12.2 Å². The number of sulfonamides is 1. The van der Waals surface area contributed by atoms with Crippen molar-refractivity contribution in [2.24, 2.45) is 5.92 Å². The molecule has 0 atom stereocenters. The molecule has 0 spiro atoms.